The molecule has 1 fully saturated rings. The van der Waals surface area contributed by atoms with E-state index in [-0.39, 0.29) is 0 Å². The maximum Gasteiger partial charge on any atom is 0.124 e. The summed E-state index contributed by atoms with van der Waals surface area (Å²) in [5, 5.41) is 1.52. The lowest BCUT2D eigenvalue weighted by Gasteiger charge is -2.10. The van der Waals surface area contributed by atoms with Crippen LogP contribution in [0.2, 0.25) is 5.02 Å². The molecule has 0 radical (unpaired) electrons. The predicted molar refractivity (Wildman–Crippen MR) is 62.3 cm³/mol. The van der Waals surface area contributed by atoms with Crippen LogP contribution in [-0.2, 0) is 5.33 Å². The molecule has 0 bridgehead atoms. The largest absolute Gasteiger partial charge is 0.493 e. The van der Waals surface area contributed by atoms with Gasteiger partial charge in [0.1, 0.15) is 5.75 Å². The van der Waals surface area contributed by atoms with Crippen LogP contribution in [0.25, 0.3) is 0 Å². The fraction of sp³-hybridized carbons (Fsp3) is 0.455. The maximum atomic E-state index is 6.05. The molecule has 1 saturated carbocycles. The molecule has 1 aromatic carbocycles. The molecule has 1 nitrogen and oxygen atoms in total. The summed E-state index contributed by atoms with van der Waals surface area (Å²) in [5.41, 5.74) is 1.05. The average Bonchev–Trinajstić information content (AvgIpc) is 2.98. The Balaban J connectivity index is 2.09. The zero-order valence-electron chi connectivity index (χ0n) is 7.80. The molecule has 0 aliphatic heterocycles. The van der Waals surface area contributed by atoms with Gasteiger partial charge in [-0.15, -0.1) is 0 Å². The zero-order chi connectivity index (χ0) is 9.97. The zero-order valence-corrected chi connectivity index (χ0v) is 10.1. The summed E-state index contributed by atoms with van der Waals surface area (Å²) < 4.78 is 5.72. The minimum absolute atomic E-state index is 0.743. The van der Waals surface area contributed by atoms with Crippen molar-refractivity contribution in [3.8, 4) is 5.75 Å². The van der Waals surface area contributed by atoms with Gasteiger partial charge in [-0.2, -0.15) is 0 Å². The summed E-state index contributed by atoms with van der Waals surface area (Å²) in [4.78, 5) is 0. The van der Waals surface area contributed by atoms with Crippen molar-refractivity contribution in [3.05, 3.63) is 28.8 Å². The first kappa shape index (κ1) is 10.3. The van der Waals surface area contributed by atoms with Gasteiger partial charge < -0.3 is 4.74 Å². The highest BCUT2D eigenvalue weighted by Gasteiger charge is 2.22. The van der Waals surface area contributed by atoms with Crippen LogP contribution in [-0.4, -0.2) is 6.61 Å². The van der Waals surface area contributed by atoms with Crippen molar-refractivity contribution in [1.29, 1.82) is 0 Å². The highest BCUT2D eigenvalue weighted by molar-refractivity contribution is 9.08. The Bertz CT molecular complexity index is 323. The van der Waals surface area contributed by atoms with Crippen molar-refractivity contribution in [2.75, 3.05) is 6.61 Å². The van der Waals surface area contributed by atoms with Crippen LogP contribution >= 0.6 is 27.5 Å². The molecule has 2 rings (SSSR count). The Morgan fingerprint density at radius 2 is 2.21 bits per heavy atom. The molecular formula is C11H12BrClO. The molecule has 0 spiro atoms. The topological polar surface area (TPSA) is 9.23 Å². The minimum Gasteiger partial charge on any atom is -0.493 e. The van der Waals surface area contributed by atoms with E-state index in [9.17, 15) is 0 Å². The van der Waals surface area contributed by atoms with Gasteiger partial charge in [-0.25, -0.2) is 0 Å². The van der Waals surface area contributed by atoms with Crippen LogP contribution in [0, 0.1) is 5.92 Å². The van der Waals surface area contributed by atoms with E-state index in [2.05, 4.69) is 15.9 Å². The van der Waals surface area contributed by atoms with Gasteiger partial charge in [-0.05, 0) is 30.9 Å². The average molecular weight is 276 g/mol. The van der Waals surface area contributed by atoms with Gasteiger partial charge in [-0.1, -0.05) is 33.6 Å². The summed E-state index contributed by atoms with van der Waals surface area (Å²) in [6.45, 7) is 0.834. The SMILES string of the molecule is Clc1cccc(OCC2CC2)c1CBr. The number of rotatable bonds is 4. The van der Waals surface area contributed by atoms with Crippen LogP contribution in [0.3, 0.4) is 0 Å². The molecule has 3 heteroatoms. The molecule has 0 N–H and O–H groups in total. The highest BCUT2D eigenvalue weighted by atomic mass is 79.9. The summed E-state index contributed by atoms with van der Waals surface area (Å²) in [7, 11) is 0. The minimum atomic E-state index is 0.743. The summed E-state index contributed by atoms with van der Waals surface area (Å²) in [5.74, 6) is 1.69. The molecule has 0 amide bonds. The fourth-order valence-electron chi connectivity index (χ4n) is 1.30. The Morgan fingerprint density at radius 1 is 1.43 bits per heavy atom. The molecule has 0 atom stereocenters. The number of halogens is 2. The van der Waals surface area contributed by atoms with Crippen LogP contribution in [0.1, 0.15) is 18.4 Å². The predicted octanol–water partition coefficient (Wildman–Crippen LogP) is 4.02. The third kappa shape index (κ3) is 2.43. The van der Waals surface area contributed by atoms with E-state index >= 15 is 0 Å². The monoisotopic (exact) mass is 274 g/mol. The Morgan fingerprint density at radius 3 is 2.86 bits per heavy atom. The van der Waals surface area contributed by atoms with Crippen LogP contribution in [0.15, 0.2) is 18.2 Å². The second kappa shape index (κ2) is 4.54. The Kier molecular flexibility index (Phi) is 3.34. The second-order valence-electron chi connectivity index (χ2n) is 3.60. The normalized spacial score (nSPS) is 15.6. The molecule has 1 aliphatic carbocycles. The standard InChI is InChI=1S/C11H12BrClO/c12-6-9-10(13)2-1-3-11(9)14-7-8-4-5-8/h1-3,8H,4-7H2. The van der Waals surface area contributed by atoms with Crippen LogP contribution in [0.4, 0.5) is 0 Å². The van der Waals surface area contributed by atoms with Crippen LogP contribution < -0.4 is 4.74 Å². The molecule has 0 aromatic heterocycles. The molecule has 1 aromatic rings. The molecule has 76 valence electrons. The molecule has 0 saturated heterocycles. The van der Waals surface area contributed by atoms with Gasteiger partial charge in [-0.3, -0.25) is 0 Å². The van der Waals surface area contributed by atoms with Gasteiger partial charge >= 0.3 is 0 Å². The van der Waals surface area contributed by atoms with Crippen molar-refractivity contribution >= 4 is 27.5 Å². The lowest BCUT2D eigenvalue weighted by atomic mass is 10.2. The lowest BCUT2D eigenvalue weighted by molar-refractivity contribution is 0.298. The summed E-state index contributed by atoms with van der Waals surface area (Å²) in [6, 6.07) is 5.80. The smallest absolute Gasteiger partial charge is 0.124 e. The molecule has 0 heterocycles. The summed E-state index contributed by atoms with van der Waals surface area (Å²) in [6.07, 6.45) is 2.62. The number of ether oxygens (including phenoxy) is 1. The van der Waals surface area contributed by atoms with Crippen molar-refractivity contribution < 1.29 is 4.74 Å². The van der Waals surface area contributed by atoms with Gasteiger partial charge in [0.25, 0.3) is 0 Å². The fourth-order valence-corrected chi connectivity index (χ4v) is 2.27. The molecule has 1 aliphatic rings. The van der Waals surface area contributed by atoms with Crippen LogP contribution in [0.5, 0.6) is 5.75 Å². The first-order chi connectivity index (χ1) is 6.81. The first-order valence-corrected chi connectivity index (χ1v) is 6.27. The van der Waals surface area contributed by atoms with E-state index in [1.807, 2.05) is 18.2 Å². The number of alkyl halides is 1. The highest BCUT2D eigenvalue weighted by Crippen LogP contribution is 2.32. The maximum absolute atomic E-state index is 6.05. The van der Waals surface area contributed by atoms with E-state index in [0.717, 1.165) is 34.2 Å². The van der Waals surface area contributed by atoms with E-state index < -0.39 is 0 Å². The number of hydrogen-bond donors (Lipinski definition) is 0. The van der Waals surface area contributed by atoms with Gasteiger partial charge in [0.15, 0.2) is 0 Å². The van der Waals surface area contributed by atoms with Gasteiger partial charge in [0, 0.05) is 15.9 Å². The van der Waals surface area contributed by atoms with Gasteiger partial charge in [0.2, 0.25) is 0 Å². The quantitative estimate of drug-likeness (QED) is 0.754. The van der Waals surface area contributed by atoms with E-state index in [1.165, 1.54) is 12.8 Å². The Hall–Kier alpha value is -0.210. The number of hydrogen-bond acceptors (Lipinski definition) is 1. The summed E-state index contributed by atoms with van der Waals surface area (Å²) >= 11 is 9.47. The molecule has 14 heavy (non-hydrogen) atoms. The van der Waals surface area contributed by atoms with Gasteiger partial charge in [0.05, 0.1) is 6.61 Å². The second-order valence-corrected chi connectivity index (χ2v) is 4.57. The lowest BCUT2D eigenvalue weighted by Crippen LogP contribution is -2.01. The third-order valence-corrected chi connectivity index (χ3v) is 3.30. The van der Waals surface area contributed by atoms with E-state index in [0.29, 0.717) is 0 Å². The van der Waals surface area contributed by atoms with Crippen molar-refractivity contribution in [1.82, 2.24) is 0 Å². The van der Waals surface area contributed by atoms with E-state index in [1.54, 1.807) is 0 Å². The molecular weight excluding hydrogens is 263 g/mol. The van der Waals surface area contributed by atoms with Crippen molar-refractivity contribution in [3.63, 3.8) is 0 Å². The Labute approximate surface area is 97.5 Å². The van der Waals surface area contributed by atoms with Crippen molar-refractivity contribution in [2.45, 2.75) is 18.2 Å². The molecule has 0 unspecified atom stereocenters. The first-order valence-electron chi connectivity index (χ1n) is 4.77. The third-order valence-electron chi connectivity index (χ3n) is 2.38. The number of benzene rings is 1. The van der Waals surface area contributed by atoms with Crippen molar-refractivity contribution in [2.24, 2.45) is 5.92 Å². The van der Waals surface area contributed by atoms with E-state index in [4.69, 9.17) is 16.3 Å².